The Hall–Kier alpha value is -3.68. The molecule has 4 rings (SSSR count). The lowest BCUT2D eigenvalue weighted by Crippen LogP contribution is -2.33. The zero-order valence-electron chi connectivity index (χ0n) is 19.6. The fourth-order valence-corrected chi connectivity index (χ4v) is 5.94. The van der Waals surface area contributed by atoms with E-state index in [0.29, 0.717) is 41.3 Å². The Balaban J connectivity index is 1.41. The number of nitrogens with zero attached hydrogens (tertiary/aromatic N) is 2. The van der Waals surface area contributed by atoms with E-state index >= 15 is 0 Å². The number of fused-ring (bicyclic) bond motifs is 1. The summed E-state index contributed by atoms with van der Waals surface area (Å²) in [5, 5.41) is 15.4. The van der Waals surface area contributed by atoms with Crippen molar-refractivity contribution in [2.24, 2.45) is 0 Å². The monoisotopic (exact) mass is 522 g/mol. The number of thiophene rings is 1. The smallest absolute Gasteiger partial charge is 0.255 e. The SMILES string of the molecule is CC(=O)N1CCc2c(sc(NC(=O)C(C)Sc3cccc(NC(=O)c4ccc(F)cc4)c3)c2C#N)C1. The van der Waals surface area contributed by atoms with Gasteiger partial charge in [-0.3, -0.25) is 14.4 Å². The van der Waals surface area contributed by atoms with Crippen LogP contribution in [0.25, 0.3) is 0 Å². The maximum absolute atomic E-state index is 13.1. The van der Waals surface area contributed by atoms with Crippen LogP contribution in [0.2, 0.25) is 0 Å². The highest BCUT2D eigenvalue weighted by atomic mass is 32.2. The number of hydrogen-bond donors (Lipinski definition) is 2. The number of anilines is 2. The van der Waals surface area contributed by atoms with E-state index in [0.717, 1.165) is 15.3 Å². The summed E-state index contributed by atoms with van der Waals surface area (Å²) < 4.78 is 13.1. The molecule has 0 saturated heterocycles. The summed E-state index contributed by atoms with van der Waals surface area (Å²) >= 11 is 2.66. The summed E-state index contributed by atoms with van der Waals surface area (Å²) in [5.41, 5.74) is 2.25. The van der Waals surface area contributed by atoms with Crippen LogP contribution in [0.5, 0.6) is 0 Å². The number of amides is 3. The van der Waals surface area contributed by atoms with Crippen LogP contribution in [0.4, 0.5) is 15.1 Å². The van der Waals surface area contributed by atoms with Gasteiger partial charge in [-0.2, -0.15) is 5.26 Å². The number of hydrogen-bond acceptors (Lipinski definition) is 6. The molecule has 1 aliphatic rings. The number of nitriles is 1. The predicted molar refractivity (Wildman–Crippen MR) is 139 cm³/mol. The second-order valence-corrected chi connectivity index (χ2v) is 10.8. The topological polar surface area (TPSA) is 102 Å². The Morgan fingerprint density at radius 2 is 1.92 bits per heavy atom. The predicted octanol–water partition coefficient (Wildman–Crippen LogP) is 5.04. The highest BCUT2D eigenvalue weighted by Gasteiger charge is 2.27. The minimum Gasteiger partial charge on any atom is -0.337 e. The van der Waals surface area contributed by atoms with E-state index in [1.54, 1.807) is 30.0 Å². The number of thioether (sulfide) groups is 1. The van der Waals surface area contributed by atoms with Gasteiger partial charge in [0.25, 0.3) is 5.91 Å². The van der Waals surface area contributed by atoms with Crippen molar-refractivity contribution in [2.75, 3.05) is 17.2 Å². The fourth-order valence-electron chi connectivity index (χ4n) is 3.80. The second-order valence-electron chi connectivity index (χ2n) is 8.25. The van der Waals surface area contributed by atoms with E-state index in [-0.39, 0.29) is 17.7 Å². The van der Waals surface area contributed by atoms with Gasteiger partial charge in [0, 0.05) is 34.5 Å². The molecule has 0 bridgehead atoms. The van der Waals surface area contributed by atoms with Crippen LogP contribution in [0.15, 0.2) is 53.4 Å². The average molecular weight is 523 g/mol. The van der Waals surface area contributed by atoms with Crippen molar-refractivity contribution in [2.45, 2.75) is 37.0 Å². The molecule has 0 saturated carbocycles. The van der Waals surface area contributed by atoms with Crippen LogP contribution in [-0.2, 0) is 22.6 Å². The van der Waals surface area contributed by atoms with Crippen molar-refractivity contribution >= 4 is 51.5 Å². The van der Waals surface area contributed by atoms with Gasteiger partial charge in [-0.05, 0) is 61.4 Å². The van der Waals surface area contributed by atoms with Gasteiger partial charge in [-0.1, -0.05) is 6.07 Å². The van der Waals surface area contributed by atoms with Gasteiger partial charge in [0.1, 0.15) is 16.9 Å². The normalized spacial score (nSPS) is 13.3. The average Bonchev–Trinajstić information content (AvgIpc) is 3.20. The van der Waals surface area contributed by atoms with Crippen molar-refractivity contribution in [3.8, 4) is 6.07 Å². The molecule has 2 aromatic carbocycles. The Bertz CT molecular complexity index is 1360. The van der Waals surface area contributed by atoms with E-state index < -0.39 is 11.1 Å². The van der Waals surface area contributed by atoms with Crippen molar-refractivity contribution in [1.82, 2.24) is 4.90 Å². The van der Waals surface area contributed by atoms with Crippen molar-refractivity contribution in [1.29, 1.82) is 5.26 Å². The maximum Gasteiger partial charge on any atom is 0.255 e. The molecule has 1 aliphatic heterocycles. The standard InChI is InChI=1S/C26H23FN4O3S2/c1-15(24(33)30-26-22(13-28)21-10-11-31(16(2)32)14-23(21)36-26)35-20-5-3-4-19(12-20)29-25(34)17-6-8-18(27)9-7-17/h3-9,12,15H,10-11,14H2,1-2H3,(H,29,34)(H,30,33). The van der Waals surface area contributed by atoms with E-state index in [9.17, 15) is 24.0 Å². The molecule has 1 unspecified atom stereocenters. The number of carbonyl (C=O) groups is 3. The number of benzene rings is 2. The number of carbonyl (C=O) groups excluding carboxylic acids is 3. The van der Waals surface area contributed by atoms with Crippen LogP contribution in [0.1, 0.15) is 40.2 Å². The first-order chi connectivity index (χ1) is 17.2. The molecule has 2 heterocycles. The Kier molecular flexibility index (Phi) is 7.72. The molecule has 0 spiro atoms. The van der Waals surface area contributed by atoms with Gasteiger partial charge in [0.2, 0.25) is 11.8 Å². The van der Waals surface area contributed by atoms with Crippen molar-refractivity contribution < 1.29 is 18.8 Å². The summed E-state index contributed by atoms with van der Waals surface area (Å²) in [4.78, 5) is 40.5. The van der Waals surface area contributed by atoms with Gasteiger partial charge in [-0.15, -0.1) is 23.1 Å². The van der Waals surface area contributed by atoms with Crippen LogP contribution < -0.4 is 10.6 Å². The summed E-state index contributed by atoms with van der Waals surface area (Å²) in [6.07, 6.45) is 0.588. The molecule has 7 nitrogen and oxygen atoms in total. The van der Waals surface area contributed by atoms with Crippen LogP contribution in [0.3, 0.4) is 0 Å². The van der Waals surface area contributed by atoms with Gasteiger partial charge in [0.05, 0.1) is 17.4 Å². The van der Waals surface area contributed by atoms with Gasteiger partial charge < -0.3 is 15.5 Å². The Labute approximate surface area is 216 Å². The molecule has 2 N–H and O–H groups in total. The summed E-state index contributed by atoms with van der Waals surface area (Å²) in [5.74, 6) is -1.05. The van der Waals surface area contributed by atoms with Gasteiger partial charge in [-0.25, -0.2) is 4.39 Å². The Morgan fingerprint density at radius 3 is 2.61 bits per heavy atom. The first-order valence-corrected chi connectivity index (χ1v) is 12.9. The van der Waals surface area contributed by atoms with Crippen molar-refractivity contribution in [3.05, 3.63) is 75.9 Å². The minimum atomic E-state index is -0.479. The van der Waals surface area contributed by atoms with Gasteiger partial charge >= 0.3 is 0 Å². The highest BCUT2D eigenvalue weighted by Crippen LogP contribution is 2.37. The quantitative estimate of drug-likeness (QED) is 0.442. The molecule has 0 fully saturated rings. The molecule has 1 aromatic heterocycles. The first kappa shape index (κ1) is 25.4. The zero-order chi connectivity index (χ0) is 25.8. The van der Waals surface area contributed by atoms with E-state index in [1.807, 2.05) is 6.07 Å². The minimum absolute atomic E-state index is 0.0146. The largest absolute Gasteiger partial charge is 0.337 e. The van der Waals surface area contributed by atoms with Crippen molar-refractivity contribution in [3.63, 3.8) is 0 Å². The molecule has 36 heavy (non-hydrogen) atoms. The molecular formula is C26H23FN4O3S2. The lowest BCUT2D eigenvalue weighted by Gasteiger charge is -2.25. The number of rotatable bonds is 6. The molecule has 3 amide bonds. The third-order valence-corrected chi connectivity index (χ3v) is 7.96. The van der Waals surface area contributed by atoms with E-state index in [2.05, 4.69) is 16.7 Å². The molecular weight excluding hydrogens is 499 g/mol. The third-order valence-electron chi connectivity index (χ3n) is 5.73. The van der Waals surface area contributed by atoms with E-state index in [1.165, 1.54) is 54.3 Å². The summed E-state index contributed by atoms with van der Waals surface area (Å²) in [6.45, 7) is 4.29. The summed E-state index contributed by atoms with van der Waals surface area (Å²) in [6, 6.07) is 14.6. The molecule has 10 heteroatoms. The third kappa shape index (κ3) is 5.75. The molecule has 0 radical (unpaired) electrons. The summed E-state index contributed by atoms with van der Waals surface area (Å²) in [7, 11) is 0. The molecule has 0 aliphatic carbocycles. The van der Waals surface area contributed by atoms with Crippen LogP contribution >= 0.6 is 23.1 Å². The highest BCUT2D eigenvalue weighted by molar-refractivity contribution is 8.00. The number of nitrogens with one attached hydrogen (secondary N) is 2. The van der Waals surface area contributed by atoms with Crippen LogP contribution in [0, 0.1) is 17.1 Å². The second kappa shape index (κ2) is 10.9. The lowest BCUT2D eigenvalue weighted by molar-refractivity contribution is -0.129. The molecule has 3 aromatic rings. The molecule has 184 valence electrons. The number of halogens is 1. The first-order valence-electron chi connectivity index (χ1n) is 11.2. The van der Waals surface area contributed by atoms with E-state index in [4.69, 9.17) is 0 Å². The molecule has 1 atom stereocenters. The zero-order valence-corrected chi connectivity index (χ0v) is 21.3. The van der Waals surface area contributed by atoms with Gasteiger partial charge in [0.15, 0.2) is 0 Å². The van der Waals surface area contributed by atoms with Crippen LogP contribution in [-0.4, -0.2) is 34.4 Å². The maximum atomic E-state index is 13.1. The lowest BCUT2D eigenvalue weighted by atomic mass is 10.0. The Morgan fingerprint density at radius 1 is 1.17 bits per heavy atom. The fraction of sp³-hybridized carbons (Fsp3) is 0.231.